The molecule has 4 N–H and O–H groups in total. The molecule has 0 bridgehead atoms. The first-order chi connectivity index (χ1) is 18.5. The van der Waals surface area contributed by atoms with E-state index in [-0.39, 0.29) is 25.9 Å². The van der Waals surface area contributed by atoms with Crippen LogP contribution in [-0.2, 0) is 28.7 Å². The number of hydrogen-bond acceptors (Lipinski definition) is 7. The number of terminal acetylenes is 1. The zero-order valence-corrected chi connectivity index (χ0v) is 24.3. The zero-order chi connectivity index (χ0) is 30.7. The summed E-state index contributed by atoms with van der Waals surface area (Å²) in [6.07, 6.45) is 7.79. The molecule has 0 spiro atoms. The highest BCUT2D eigenvalue weighted by Gasteiger charge is 2.42. The van der Waals surface area contributed by atoms with E-state index in [0.717, 1.165) is 0 Å². The largest absolute Gasteiger partial charge is 0.459 e. The summed E-state index contributed by atoms with van der Waals surface area (Å²) in [5, 5.41) is 9.99. The maximum atomic E-state index is 13.6. The first-order valence-electron chi connectivity index (χ1n) is 13.2. The Bertz CT molecular complexity index is 1020. The van der Waals surface area contributed by atoms with Crippen LogP contribution in [0.2, 0.25) is 0 Å². The van der Waals surface area contributed by atoms with Gasteiger partial charge in [0.05, 0.1) is 6.04 Å². The zero-order valence-electron chi connectivity index (χ0n) is 24.3. The fraction of sp³-hybridized carbons (Fsp3) is 0.643. The second-order valence-corrected chi connectivity index (χ2v) is 11.6. The van der Waals surface area contributed by atoms with E-state index in [0.29, 0.717) is 12.8 Å². The maximum Gasteiger partial charge on any atom is 0.325 e. The number of ketones is 1. The van der Waals surface area contributed by atoms with E-state index in [1.807, 2.05) is 0 Å². The van der Waals surface area contributed by atoms with E-state index < -0.39 is 71.2 Å². The molecule has 1 fully saturated rings. The number of nitrogens with one attached hydrogen (secondary N) is 4. The van der Waals surface area contributed by atoms with Crippen LogP contribution in [0.4, 0.5) is 4.79 Å². The van der Waals surface area contributed by atoms with E-state index in [2.05, 4.69) is 33.8 Å². The second kappa shape index (κ2) is 15.1. The Kier molecular flexibility index (Phi) is 12.8. The van der Waals surface area contributed by atoms with Gasteiger partial charge in [-0.15, -0.1) is 18.9 Å². The van der Waals surface area contributed by atoms with Crippen LogP contribution in [0, 0.1) is 17.8 Å². The number of ether oxygens (including phenoxy) is 1. The molecular formula is C28H43N5O7. The minimum atomic E-state index is -1.17. The van der Waals surface area contributed by atoms with E-state index in [1.165, 1.54) is 11.0 Å². The summed E-state index contributed by atoms with van der Waals surface area (Å²) >= 11 is 0. The van der Waals surface area contributed by atoms with Gasteiger partial charge in [0, 0.05) is 19.5 Å². The normalized spacial score (nSPS) is 16.5. The average Bonchev–Trinajstić information content (AvgIpc) is 3.34. The van der Waals surface area contributed by atoms with Gasteiger partial charge in [-0.05, 0) is 45.4 Å². The molecule has 222 valence electrons. The number of urea groups is 1. The van der Waals surface area contributed by atoms with Gasteiger partial charge in [0.25, 0.3) is 5.91 Å². The molecular weight excluding hydrogens is 518 g/mol. The van der Waals surface area contributed by atoms with Crippen LogP contribution in [-0.4, -0.2) is 83.8 Å². The highest BCUT2D eigenvalue weighted by molar-refractivity contribution is 6.38. The van der Waals surface area contributed by atoms with Crippen LogP contribution < -0.4 is 21.3 Å². The summed E-state index contributed by atoms with van der Waals surface area (Å²) in [7, 11) is 0. The first-order valence-corrected chi connectivity index (χ1v) is 13.2. The Hall–Kier alpha value is -3.88. The molecule has 40 heavy (non-hydrogen) atoms. The topological polar surface area (TPSA) is 163 Å². The van der Waals surface area contributed by atoms with Crippen LogP contribution in [0.15, 0.2) is 12.7 Å². The van der Waals surface area contributed by atoms with E-state index in [1.54, 1.807) is 41.5 Å². The van der Waals surface area contributed by atoms with Crippen molar-refractivity contribution in [2.45, 2.75) is 91.0 Å². The third-order valence-corrected chi connectivity index (χ3v) is 5.88. The van der Waals surface area contributed by atoms with E-state index in [4.69, 9.17) is 11.2 Å². The Morgan fingerprint density at radius 3 is 2.27 bits per heavy atom. The Morgan fingerprint density at radius 2 is 1.73 bits per heavy atom. The molecule has 5 amide bonds. The van der Waals surface area contributed by atoms with Crippen molar-refractivity contribution in [3.05, 3.63) is 12.7 Å². The Morgan fingerprint density at radius 1 is 1.07 bits per heavy atom. The fourth-order valence-corrected chi connectivity index (χ4v) is 4.00. The summed E-state index contributed by atoms with van der Waals surface area (Å²) in [6, 6.07) is -3.87. The molecule has 3 atom stereocenters. The van der Waals surface area contributed by atoms with Crippen molar-refractivity contribution in [1.29, 1.82) is 0 Å². The molecule has 0 aromatic carbocycles. The number of hydrogen-bond donors (Lipinski definition) is 4. The third kappa shape index (κ3) is 11.1. The van der Waals surface area contributed by atoms with Crippen LogP contribution in [0.3, 0.4) is 0 Å². The summed E-state index contributed by atoms with van der Waals surface area (Å²) in [6.45, 7) is 13.8. The summed E-state index contributed by atoms with van der Waals surface area (Å²) in [4.78, 5) is 77.7. The molecule has 0 aromatic heterocycles. The van der Waals surface area contributed by atoms with Gasteiger partial charge in [-0.3, -0.25) is 24.0 Å². The van der Waals surface area contributed by atoms with Gasteiger partial charge in [0.2, 0.25) is 17.6 Å². The smallest absolute Gasteiger partial charge is 0.325 e. The molecule has 1 saturated heterocycles. The SMILES string of the molecule is C#CCCC(NC(=O)C1CCCN1C(=O)C(NC(=O)NCC(=O)OC(C)(C)C)C(C)(C)C)C(=O)C(=O)NCC=C. The maximum absolute atomic E-state index is 13.6. The van der Waals surface area contributed by atoms with Crippen molar-refractivity contribution >= 4 is 35.5 Å². The standard InChI is InChI=1S/C28H43N5O7/c1-9-11-13-18(21(35)24(37)29-15-10-2)31-23(36)19-14-12-16-33(19)25(38)22(27(3,4)5)32-26(39)30-17-20(34)40-28(6,7)8/h1,10,18-19,22H,2,11-17H2,3-8H3,(H,29,37)(H,31,36)(H2,30,32,39). The predicted octanol–water partition coefficient (Wildman–Crippen LogP) is 0.803. The van der Waals surface area contributed by atoms with Gasteiger partial charge in [-0.2, -0.15) is 0 Å². The molecule has 1 aliphatic rings. The number of carbonyl (C=O) groups is 6. The minimum absolute atomic E-state index is 0.0488. The summed E-state index contributed by atoms with van der Waals surface area (Å²) in [5.41, 5.74) is -1.47. The number of carbonyl (C=O) groups excluding carboxylic acids is 6. The molecule has 1 rings (SSSR count). The molecule has 12 heteroatoms. The van der Waals surface area contributed by atoms with Crippen LogP contribution in [0.25, 0.3) is 0 Å². The second-order valence-electron chi connectivity index (χ2n) is 11.6. The minimum Gasteiger partial charge on any atom is -0.459 e. The Balaban J connectivity index is 2.99. The molecule has 1 heterocycles. The average molecular weight is 562 g/mol. The van der Waals surface area contributed by atoms with Crippen molar-refractivity contribution in [2.75, 3.05) is 19.6 Å². The van der Waals surface area contributed by atoms with E-state index >= 15 is 0 Å². The molecule has 3 unspecified atom stereocenters. The Labute approximate surface area is 236 Å². The van der Waals surface area contributed by atoms with Gasteiger partial charge < -0.3 is 30.9 Å². The van der Waals surface area contributed by atoms with E-state index in [9.17, 15) is 28.8 Å². The molecule has 0 aromatic rings. The molecule has 0 aliphatic carbocycles. The van der Waals surface area contributed by atoms with Crippen molar-refractivity contribution in [3.8, 4) is 12.3 Å². The lowest BCUT2D eigenvalue weighted by atomic mass is 9.85. The number of Topliss-reactive ketones (excluding diaryl/α,β-unsaturated/α-hetero) is 1. The van der Waals surface area contributed by atoms with Crippen molar-refractivity contribution in [3.63, 3.8) is 0 Å². The van der Waals surface area contributed by atoms with Gasteiger partial charge in [-0.25, -0.2) is 4.79 Å². The number of esters is 1. The highest BCUT2D eigenvalue weighted by Crippen LogP contribution is 2.26. The van der Waals surface area contributed by atoms with Crippen molar-refractivity contribution < 1.29 is 33.5 Å². The van der Waals surface area contributed by atoms with Crippen LogP contribution in [0.5, 0.6) is 0 Å². The van der Waals surface area contributed by atoms with Crippen LogP contribution >= 0.6 is 0 Å². The lowest BCUT2D eigenvalue weighted by molar-refractivity contribution is -0.153. The molecule has 12 nitrogen and oxygen atoms in total. The summed E-state index contributed by atoms with van der Waals surface area (Å²) in [5.74, 6) is -1.06. The number of amides is 5. The monoisotopic (exact) mass is 561 g/mol. The highest BCUT2D eigenvalue weighted by atomic mass is 16.6. The third-order valence-electron chi connectivity index (χ3n) is 5.88. The van der Waals surface area contributed by atoms with Gasteiger partial charge in [0.15, 0.2) is 0 Å². The van der Waals surface area contributed by atoms with Gasteiger partial charge in [-0.1, -0.05) is 26.8 Å². The lowest BCUT2D eigenvalue weighted by Gasteiger charge is -2.35. The molecule has 0 saturated carbocycles. The van der Waals surface area contributed by atoms with Gasteiger partial charge in [0.1, 0.15) is 24.2 Å². The molecule has 1 aliphatic heterocycles. The molecule has 0 radical (unpaired) electrons. The number of rotatable bonds is 12. The van der Waals surface area contributed by atoms with Crippen LogP contribution in [0.1, 0.15) is 67.2 Å². The predicted molar refractivity (Wildman–Crippen MR) is 149 cm³/mol. The quantitative estimate of drug-likeness (QED) is 0.119. The van der Waals surface area contributed by atoms with Crippen molar-refractivity contribution in [2.24, 2.45) is 5.41 Å². The van der Waals surface area contributed by atoms with Gasteiger partial charge >= 0.3 is 12.0 Å². The number of likely N-dealkylation sites (tertiary alicyclic amines) is 1. The lowest BCUT2D eigenvalue weighted by Crippen LogP contribution is -2.60. The fourth-order valence-electron chi connectivity index (χ4n) is 4.00. The number of nitrogens with zero attached hydrogens (tertiary/aromatic N) is 1. The first kappa shape index (κ1) is 34.1. The van der Waals surface area contributed by atoms with Crippen molar-refractivity contribution in [1.82, 2.24) is 26.2 Å². The summed E-state index contributed by atoms with van der Waals surface area (Å²) < 4.78 is 5.17.